The number of pyridine rings is 5. The zero-order valence-corrected chi connectivity index (χ0v) is 51.7. The molecule has 10 rings (SSSR count). The Hall–Kier alpha value is -5.05. The van der Waals surface area contributed by atoms with E-state index in [1.165, 1.54) is 30.3 Å². The number of aromatic nitrogens is 5. The molecule has 5 aliphatic heterocycles. The van der Waals surface area contributed by atoms with Gasteiger partial charge in [0, 0.05) is 129 Å². The van der Waals surface area contributed by atoms with Gasteiger partial charge >= 0.3 is 30.9 Å². The van der Waals surface area contributed by atoms with Crippen LogP contribution in [0.15, 0.2) is 60.7 Å². The SMILES string of the molecule is C[C@@H]1CN(c2ccc(C(F)(F)F)c(Cl)n2)CCN1.C[C@@H]1CNCCN1c1ccc(C(F)(F)F)c(Cl)n1.C[C@H]1CN(c2ccc(C(F)(F)F)c(Cl)n2)CCN1.C[C@H]1CNCCN1c1ccc(C(F)(F)F)c(Cl)n1.FC(F)(F)c1ccc(N2CCNCC2)nc1Cl. The normalized spacial score (nSPS) is 20.4. The van der Waals surface area contributed by atoms with Crippen LogP contribution >= 0.6 is 58.0 Å². The average molecular weight is 1380 g/mol. The Morgan fingerprint density at radius 3 is 0.843 bits per heavy atom. The minimum atomic E-state index is -4.46. The van der Waals surface area contributed by atoms with Gasteiger partial charge in [-0.15, -0.1) is 0 Å². The second kappa shape index (κ2) is 31.5. The smallest absolute Gasteiger partial charge is 0.354 e. The summed E-state index contributed by atoms with van der Waals surface area (Å²) < 4.78 is 188. The maximum Gasteiger partial charge on any atom is 0.419 e. The summed E-state index contributed by atoms with van der Waals surface area (Å²) >= 11 is 28.0. The third-order valence-electron chi connectivity index (χ3n) is 14.1. The third kappa shape index (κ3) is 21.2. The van der Waals surface area contributed by atoms with Crippen LogP contribution in [-0.4, -0.2) is 154 Å². The van der Waals surface area contributed by atoms with E-state index < -0.39 is 84.5 Å². The topological polar surface area (TPSA) is 141 Å². The summed E-state index contributed by atoms with van der Waals surface area (Å²) in [4.78, 5) is 28.9. The lowest BCUT2D eigenvalue weighted by Crippen LogP contribution is -2.50. The first-order valence-electron chi connectivity index (χ1n) is 27.6. The third-order valence-corrected chi connectivity index (χ3v) is 15.6. The summed E-state index contributed by atoms with van der Waals surface area (Å²) in [5.74, 6) is 2.44. The second-order valence-corrected chi connectivity index (χ2v) is 22.7. The van der Waals surface area contributed by atoms with Crippen molar-refractivity contribution in [1.29, 1.82) is 0 Å². The molecule has 0 saturated carbocycles. The zero-order chi connectivity index (χ0) is 65.8. The van der Waals surface area contributed by atoms with Gasteiger partial charge in [0.2, 0.25) is 0 Å². The average Bonchev–Trinajstić information content (AvgIpc) is 1.78. The number of halogens is 20. The van der Waals surface area contributed by atoms with Gasteiger partial charge in [-0.2, -0.15) is 65.9 Å². The summed E-state index contributed by atoms with van der Waals surface area (Å²) in [6.07, 6.45) is -22.3. The lowest BCUT2D eigenvalue weighted by molar-refractivity contribution is -0.138. The first kappa shape index (κ1) is 73.0. The molecule has 0 radical (unpaired) electrons. The quantitative estimate of drug-likeness (QED) is 0.0841. The van der Waals surface area contributed by atoms with Crippen molar-refractivity contribution >= 4 is 87.1 Å². The molecule has 4 atom stereocenters. The molecule has 0 amide bonds. The summed E-state index contributed by atoms with van der Waals surface area (Å²) in [5.41, 5.74) is -4.46. The molecule has 5 N–H and O–H groups in total. The monoisotopic (exact) mass is 1380 g/mol. The van der Waals surface area contributed by atoms with Gasteiger partial charge in [-0.25, -0.2) is 24.9 Å². The molecule has 0 bridgehead atoms. The number of nitrogens with zero attached hydrogens (tertiary/aromatic N) is 10. The van der Waals surface area contributed by atoms with Crippen LogP contribution in [0, 0.1) is 0 Å². The molecule has 494 valence electrons. The summed E-state index contributed by atoms with van der Waals surface area (Å²) in [7, 11) is 0. The second-order valence-electron chi connectivity index (χ2n) is 20.9. The molecule has 0 aliphatic carbocycles. The van der Waals surface area contributed by atoms with Crippen molar-refractivity contribution in [2.75, 3.05) is 129 Å². The van der Waals surface area contributed by atoms with Gasteiger partial charge in [0.1, 0.15) is 54.9 Å². The first-order chi connectivity index (χ1) is 41.5. The van der Waals surface area contributed by atoms with E-state index in [2.05, 4.69) is 51.5 Å². The number of piperazine rings is 5. The fraction of sp³-hybridized carbons (Fsp3) is 0.537. The first-order valence-corrected chi connectivity index (χ1v) is 29.5. The minimum absolute atomic E-state index is 0.180. The predicted octanol–water partition coefficient (Wildman–Crippen LogP) is 12.4. The van der Waals surface area contributed by atoms with E-state index in [-0.39, 0.29) is 24.2 Å². The molecule has 0 spiro atoms. The van der Waals surface area contributed by atoms with E-state index in [9.17, 15) is 65.9 Å². The Balaban J connectivity index is 0.000000177. The summed E-state index contributed by atoms with van der Waals surface area (Å²) in [6.45, 7) is 19.9. The molecular weight excluding hydrogens is 1320 g/mol. The van der Waals surface area contributed by atoms with Gasteiger partial charge < -0.3 is 51.1 Å². The molecule has 5 aromatic heterocycles. The van der Waals surface area contributed by atoms with E-state index in [0.29, 0.717) is 81.4 Å². The van der Waals surface area contributed by atoms with Gasteiger partial charge in [0.15, 0.2) is 0 Å². The number of nitrogens with one attached hydrogen (secondary N) is 5. The number of rotatable bonds is 5. The highest BCUT2D eigenvalue weighted by Crippen LogP contribution is 2.39. The maximum absolute atomic E-state index is 12.6. The van der Waals surface area contributed by atoms with Gasteiger partial charge in [0.05, 0.1) is 27.8 Å². The van der Waals surface area contributed by atoms with Crippen LogP contribution in [0.1, 0.15) is 55.5 Å². The Morgan fingerprint density at radius 1 is 0.337 bits per heavy atom. The standard InChI is InChI=1S/4C11H13ClF3N3.C10H11ClF3N3/c2*1-7-6-18(5-4-16-7)9-3-2-8(10(12)17-9)11(13,14)15;2*1-7-6-16-4-5-18(7)9-3-2-8(10(12)17-9)11(13,14)15;11-9-7(10(12,13)14)1-2-8(16-9)17-5-3-15-4-6-17/h4*2-3,7,16H,4-6H2,1H3;1-2,15H,3-6H2/t4*7-;/m1010./s1. The summed E-state index contributed by atoms with van der Waals surface area (Å²) in [6, 6.07) is 12.7. The van der Waals surface area contributed by atoms with Gasteiger partial charge in [0.25, 0.3) is 0 Å². The van der Waals surface area contributed by atoms with Crippen molar-refractivity contribution in [3.05, 3.63) is 114 Å². The van der Waals surface area contributed by atoms with E-state index in [0.717, 1.165) is 82.7 Å². The zero-order valence-electron chi connectivity index (χ0n) is 47.9. The Kier molecular flexibility index (Phi) is 25.9. The van der Waals surface area contributed by atoms with Crippen molar-refractivity contribution in [1.82, 2.24) is 51.5 Å². The Bertz CT molecular complexity index is 2920. The number of hydrogen-bond acceptors (Lipinski definition) is 15. The lowest BCUT2D eigenvalue weighted by Gasteiger charge is -2.35. The van der Waals surface area contributed by atoms with E-state index >= 15 is 0 Å². The predicted molar refractivity (Wildman–Crippen MR) is 315 cm³/mol. The number of hydrogen-bond donors (Lipinski definition) is 5. The van der Waals surface area contributed by atoms with Crippen LogP contribution in [0.25, 0.3) is 0 Å². The molecule has 0 aromatic carbocycles. The lowest BCUT2D eigenvalue weighted by atomic mass is 10.2. The van der Waals surface area contributed by atoms with Crippen LogP contribution in [-0.2, 0) is 30.9 Å². The highest BCUT2D eigenvalue weighted by molar-refractivity contribution is 6.31. The van der Waals surface area contributed by atoms with Gasteiger partial charge in [-0.3, -0.25) is 0 Å². The molecule has 89 heavy (non-hydrogen) atoms. The molecule has 10 heterocycles. The molecule has 5 aliphatic rings. The molecule has 5 fully saturated rings. The van der Waals surface area contributed by atoms with E-state index in [4.69, 9.17) is 58.0 Å². The van der Waals surface area contributed by atoms with Crippen molar-refractivity contribution < 1.29 is 65.9 Å². The number of alkyl halides is 15. The fourth-order valence-corrected chi connectivity index (χ4v) is 10.9. The highest BCUT2D eigenvalue weighted by Gasteiger charge is 2.39. The van der Waals surface area contributed by atoms with Gasteiger partial charge in [-0.05, 0) is 88.4 Å². The van der Waals surface area contributed by atoms with Crippen LogP contribution in [0.5, 0.6) is 0 Å². The van der Waals surface area contributed by atoms with E-state index in [1.807, 2.05) is 52.2 Å². The summed E-state index contributed by atoms with van der Waals surface area (Å²) in [5, 5.41) is 13.6. The fourth-order valence-electron chi connectivity index (χ4n) is 9.57. The largest absolute Gasteiger partial charge is 0.419 e. The Morgan fingerprint density at radius 2 is 0.584 bits per heavy atom. The molecule has 15 nitrogen and oxygen atoms in total. The maximum atomic E-state index is 12.6. The van der Waals surface area contributed by atoms with Crippen molar-refractivity contribution in [2.45, 2.75) is 82.7 Å². The van der Waals surface area contributed by atoms with Crippen molar-refractivity contribution in [3.8, 4) is 0 Å². The van der Waals surface area contributed by atoms with Crippen molar-refractivity contribution in [2.24, 2.45) is 0 Å². The molecule has 35 heteroatoms. The molecule has 0 unspecified atom stereocenters. The van der Waals surface area contributed by atoms with Crippen molar-refractivity contribution in [3.63, 3.8) is 0 Å². The van der Waals surface area contributed by atoms with Crippen LogP contribution in [0.4, 0.5) is 94.9 Å². The minimum Gasteiger partial charge on any atom is -0.354 e. The molecular formula is C54H63Cl5F15N15. The Labute approximate surface area is 528 Å². The van der Waals surface area contributed by atoms with E-state index in [1.54, 1.807) is 0 Å². The van der Waals surface area contributed by atoms with Crippen LogP contribution in [0.2, 0.25) is 25.8 Å². The van der Waals surface area contributed by atoms with Crippen LogP contribution < -0.4 is 51.1 Å². The number of anilines is 5. The molecule has 5 aromatic rings. The highest BCUT2D eigenvalue weighted by atomic mass is 35.5. The molecule has 5 saturated heterocycles. The van der Waals surface area contributed by atoms with Gasteiger partial charge in [-0.1, -0.05) is 58.0 Å². The van der Waals surface area contributed by atoms with Crippen LogP contribution in [0.3, 0.4) is 0 Å².